The van der Waals surface area contributed by atoms with Crippen molar-refractivity contribution in [1.29, 1.82) is 0 Å². The molecule has 0 aromatic carbocycles. The van der Waals surface area contributed by atoms with E-state index in [9.17, 15) is 14.4 Å². The van der Waals surface area contributed by atoms with Gasteiger partial charge in [-0.15, -0.1) is 0 Å². The summed E-state index contributed by atoms with van der Waals surface area (Å²) in [5.74, 6) is -2.50. The Labute approximate surface area is 108 Å². The van der Waals surface area contributed by atoms with Crippen LogP contribution in [0.15, 0.2) is 0 Å². The normalized spacial score (nSPS) is 32.4. The molecule has 0 bridgehead atoms. The fraction of sp³-hybridized carbons (Fsp3) is 0.786. The smallest absolute Gasteiger partial charge is 0.316 e. The van der Waals surface area contributed by atoms with E-state index in [2.05, 4.69) is 0 Å². The highest BCUT2D eigenvalue weighted by atomic mass is 16.5. The molecule has 4 nitrogen and oxygen atoms in total. The van der Waals surface area contributed by atoms with Crippen molar-refractivity contribution >= 4 is 17.5 Å². The molecule has 0 N–H and O–H groups in total. The number of esters is 1. The number of ketones is 2. The van der Waals surface area contributed by atoms with Gasteiger partial charge in [-0.2, -0.15) is 0 Å². The van der Waals surface area contributed by atoms with Crippen LogP contribution < -0.4 is 0 Å². The first-order chi connectivity index (χ1) is 8.53. The van der Waals surface area contributed by atoms with Gasteiger partial charge >= 0.3 is 5.97 Å². The summed E-state index contributed by atoms with van der Waals surface area (Å²) < 4.78 is 4.74. The number of methoxy groups -OCH3 is 1. The van der Waals surface area contributed by atoms with Gasteiger partial charge in [-0.05, 0) is 18.8 Å². The lowest BCUT2D eigenvalue weighted by atomic mass is 9.64. The van der Waals surface area contributed by atoms with E-state index in [1.807, 2.05) is 20.8 Å². The van der Waals surface area contributed by atoms with Gasteiger partial charge in [-0.3, -0.25) is 14.4 Å². The Morgan fingerprint density at radius 1 is 1.06 bits per heavy atom. The second-order valence-corrected chi connectivity index (χ2v) is 4.85. The Morgan fingerprint density at radius 3 is 2.06 bits per heavy atom. The SMILES string of the molecule is CCC1C(=O)C(CC)C(CC)C(C(=O)OC)C1=O. The van der Waals surface area contributed by atoms with Crippen LogP contribution in [0.2, 0.25) is 0 Å². The molecule has 0 aromatic rings. The van der Waals surface area contributed by atoms with Crippen molar-refractivity contribution in [3.05, 3.63) is 0 Å². The number of rotatable bonds is 4. The van der Waals surface area contributed by atoms with Crippen LogP contribution in [0, 0.1) is 23.7 Å². The second-order valence-electron chi connectivity index (χ2n) is 4.85. The number of Topliss-reactive ketones (excluding diaryl/α,β-unsaturated/α-hetero) is 2. The highest BCUT2D eigenvalue weighted by Crippen LogP contribution is 2.39. The van der Waals surface area contributed by atoms with Crippen LogP contribution >= 0.6 is 0 Å². The van der Waals surface area contributed by atoms with E-state index in [4.69, 9.17) is 4.74 Å². The van der Waals surface area contributed by atoms with E-state index in [0.29, 0.717) is 19.3 Å². The average Bonchev–Trinajstić information content (AvgIpc) is 2.37. The minimum absolute atomic E-state index is 0.0111. The van der Waals surface area contributed by atoms with Crippen molar-refractivity contribution < 1.29 is 19.1 Å². The van der Waals surface area contributed by atoms with E-state index >= 15 is 0 Å². The van der Waals surface area contributed by atoms with Crippen LogP contribution in [-0.4, -0.2) is 24.6 Å². The van der Waals surface area contributed by atoms with Gasteiger partial charge in [0.15, 0.2) is 5.78 Å². The van der Waals surface area contributed by atoms with Crippen molar-refractivity contribution in [1.82, 2.24) is 0 Å². The molecule has 1 rings (SSSR count). The standard InChI is InChI=1S/C14H22O4/c1-5-8-9(6-2)12(15)10(7-3)13(16)11(8)14(17)18-4/h8-11H,5-7H2,1-4H3. The molecule has 4 unspecified atom stereocenters. The Hall–Kier alpha value is -1.19. The zero-order valence-electron chi connectivity index (χ0n) is 11.6. The third-order valence-electron chi connectivity index (χ3n) is 4.08. The topological polar surface area (TPSA) is 60.4 Å². The Morgan fingerprint density at radius 2 is 1.67 bits per heavy atom. The van der Waals surface area contributed by atoms with Crippen LogP contribution in [0.25, 0.3) is 0 Å². The minimum Gasteiger partial charge on any atom is -0.468 e. The van der Waals surface area contributed by atoms with Crippen molar-refractivity contribution in [2.45, 2.75) is 40.0 Å². The first-order valence-corrected chi connectivity index (χ1v) is 6.68. The maximum absolute atomic E-state index is 12.3. The van der Waals surface area contributed by atoms with Crippen LogP contribution in [0.3, 0.4) is 0 Å². The van der Waals surface area contributed by atoms with E-state index < -0.39 is 17.8 Å². The molecule has 0 spiro atoms. The van der Waals surface area contributed by atoms with Gasteiger partial charge in [0.1, 0.15) is 11.7 Å². The Bertz CT molecular complexity index is 348. The van der Waals surface area contributed by atoms with Gasteiger partial charge < -0.3 is 4.74 Å². The van der Waals surface area contributed by atoms with Gasteiger partial charge in [0, 0.05) is 5.92 Å². The molecule has 0 aliphatic heterocycles. The third-order valence-corrected chi connectivity index (χ3v) is 4.08. The van der Waals surface area contributed by atoms with Gasteiger partial charge in [0.25, 0.3) is 0 Å². The average molecular weight is 254 g/mol. The van der Waals surface area contributed by atoms with Gasteiger partial charge in [0.05, 0.1) is 13.0 Å². The fourth-order valence-corrected chi connectivity index (χ4v) is 3.11. The van der Waals surface area contributed by atoms with Crippen LogP contribution in [-0.2, 0) is 19.1 Å². The first-order valence-electron chi connectivity index (χ1n) is 6.68. The Kier molecular flexibility index (Phi) is 5.05. The number of hydrogen-bond acceptors (Lipinski definition) is 4. The molecule has 0 amide bonds. The highest BCUT2D eigenvalue weighted by Gasteiger charge is 2.50. The zero-order valence-corrected chi connectivity index (χ0v) is 11.6. The quantitative estimate of drug-likeness (QED) is 0.568. The summed E-state index contributed by atoms with van der Waals surface area (Å²) >= 11 is 0. The lowest BCUT2D eigenvalue weighted by Gasteiger charge is -2.37. The maximum atomic E-state index is 12.3. The van der Waals surface area contributed by atoms with E-state index in [0.717, 1.165) is 0 Å². The summed E-state index contributed by atoms with van der Waals surface area (Å²) in [6, 6.07) is 0. The van der Waals surface area contributed by atoms with Gasteiger partial charge in [0.2, 0.25) is 0 Å². The van der Waals surface area contributed by atoms with Crippen molar-refractivity contribution in [3.8, 4) is 0 Å². The van der Waals surface area contributed by atoms with Crippen molar-refractivity contribution in [3.63, 3.8) is 0 Å². The maximum Gasteiger partial charge on any atom is 0.316 e. The van der Waals surface area contributed by atoms with Crippen LogP contribution in [0.1, 0.15) is 40.0 Å². The predicted molar refractivity (Wildman–Crippen MR) is 66.9 cm³/mol. The van der Waals surface area contributed by atoms with Gasteiger partial charge in [-0.25, -0.2) is 0 Å². The monoisotopic (exact) mass is 254 g/mol. The van der Waals surface area contributed by atoms with E-state index in [-0.39, 0.29) is 23.4 Å². The van der Waals surface area contributed by atoms with Crippen LogP contribution in [0.4, 0.5) is 0 Å². The molecule has 18 heavy (non-hydrogen) atoms. The molecule has 1 aliphatic rings. The number of ether oxygens (including phenoxy) is 1. The van der Waals surface area contributed by atoms with E-state index in [1.54, 1.807) is 0 Å². The lowest BCUT2D eigenvalue weighted by Crippen LogP contribution is -2.50. The fourth-order valence-electron chi connectivity index (χ4n) is 3.11. The summed E-state index contributed by atoms with van der Waals surface area (Å²) in [5, 5.41) is 0. The highest BCUT2D eigenvalue weighted by molar-refractivity contribution is 6.13. The molecule has 4 atom stereocenters. The Balaban J connectivity index is 3.16. The molecule has 1 aliphatic carbocycles. The van der Waals surface area contributed by atoms with Crippen LogP contribution in [0.5, 0.6) is 0 Å². The molecular formula is C14H22O4. The largest absolute Gasteiger partial charge is 0.468 e. The third kappa shape index (κ3) is 2.33. The lowest BCUT2D eigenvalue weighted by molar-refractivity contribution is -0.160. The summed E-state index contributed by atoms with van der Waals surface area (Å²) in [7, 11) is 1.29. The summed E-state index contributed by atoms with van der Waals surface area (Å²) in [5.41, 5.74) is 0. The second kappa shape index (κ2) is 6.12. The summed E-state index contributed by atoms with van der Waals surface area (Å²) in [6.45, 7) is 5.66. The molecule has 102 valence electrons. The van der Waals surface area contributed by atoms with E-state index in [1.165, 1.54) is 7.11 Å². The molecule has 0 saturated heterocycles. The molecule has 1 saturated carbocycles. The van der Waals surface area contributed by atoms with Gasteiger partial charge in [-0.1, -0.05) is 27.2 Å². The van der Waals surface area contributed by atoms with Crippen molar-refractivity contribution in [2.75, 3.05) is 7.11 Å². The number of carbonyl (C=O) groups excluding carboxylic acids is 3. The first kappa shape index (κ1) is 14.9. The summed E-state index contributed by atoms with van der Waals surface area (Å²) in [4.78, 5) is 36.3. The number of hydrogen-bond donors (Lipinski definition) is 0. The molecule has 1 fully saturated rings. The molecular weight excluding hydrogens is 232 g/mol. The molecule has 0 aromatic heterocycles. The minimum atomic E-state index is -0.757. The molecule has 4 heteroatoms. The number of carbonyl (C=O) groups is 3. The molecule has 0 heterocycles. The summed E-state index contributed by atoms with van der Waals surface area (Å²) in [6.07, 6.45) is 1.79. The molecule has 0 radical (unpaired) electrons. The predicted octanol–water partition coefficient (Wildman–Crippen LogP) is 2.01. The van der Waals surface area contributed by atoms with Crippen molar-refractivity contribution in [2.24, 2.45) is 23.7 Å². The zero-order chi connectivity index (χ0) is 13.9.